The van der Waals surface area contributed by atoms with Crippen molar-refractivity contribution >= 4 is 11.9 Å². The van der Waals surface area contributed by atoms with Gasteiger partial charge in [0, 0.05) is 19.8 Å². The average molecular weight is 462 g/mol. The zero-order valence-electron chi connectivity index (χ0n) is 19.3. The Morgan fingerprint density at radius 2 is 1.52 bits per heavy atom. The molecule has 0 atom stereocenters. The highest BCUT2D eigenvalue weighted by atomic mass is 16.6. The van der Waals surface area contributed by atoms with Gasteiger partial charge >= 0.3 is 11.9 Å². The van der Waals surface area contributed by atoms with Crippen LogP contribution in [-0.4, -0.2) is 64.3 Å². The van der Waals surface area contributed by atoms with Crippen molar-refractivity contribution in [1.82, 2.24) is 0 Å². The lowest BCUT2D eigenvalue weighted by atomic mass is 10.0. The Hall–Kier alpha value is -3.30. The Morgan fingerprint density at radius 3 is 2.12 bits per heavy atom. The van der Waals surface area contributed by atoms with E-state index >= 15 is 0 Å². The van der Waals surface area contributed by atoms with E-state index in [0.717, 1.165) is 0 Å². The first-order chi connectivity index (χ1) is 16.0. The van der Waals surface area contributed by atoms with Gasteiger partial charge in [-0.2, -0.15) is 0 Å². The summed E-state index contributed by atoms with van der Waals surface area (Å²) in [6, 6.07) is 7.14. The van der Waals surface area contributed by atoms with E-state index < -0.39 is 11.9 Å². The molecule has 0 fully saturated rings. The monoisotopic (exact) mass is 462 g/mol. The van der Waals surface area contributed by atoms with E-state index in [4.69, 9.17) is 28.4 Å². The summed E-state index contributed by atoms with van der Waals surface area (Å²) < 4.78 is 32.0. The van der Waals surface area contributed by atoms with Gasteiger partial charge in [-0.05, 0) is 43.7 Å². The molecular formula is C24H30O9. The van der Waals surface area contributed by atoms with Crippen LogP contribution in [0.1, 0.15) is 40.1 Å². The van der Waals surface area contributed by atoms with Crippen molar-refractivity contribution in [3.8, 4) is 23.0 Å². The van der Waals surface area contributed by atoms with Gasteiger partial charge in [-0.3, -0.25) is 0 Å². The van der Waals surface area contributed by atoms with Crippen LogP contribution in [0.15, 0.2) is 30.3 Å². The molecule has 0 saturated carbocycles. The lowest BCUT2D eigenvalue weighted by Crippen LogP contribution is -2.15. The topological polar surface area (TPSA) is 110 Å². The Kier molecular flexibility index (Phi) is 10.5. The largest absolute Gasteiger partial charge is 0.504 e. The quantitative estimate of drug-likeness (QED) is 0.272. The third kappa shape index (κ3) is 7.10. The van der Waals surface area contributed by atoms with Crippen molar-refractivity contribution in [2.45, 2.75) is 20.3 Å². The molecule has 0 aromatic heterocycles. The number of hydrogen-bond acceptors (Lipinski definition) is 9. The van der Waals surface area contributed by atoms with Gasteiger partial charge in [-0.15, -0.1) is 0 Å². The van der Waals surface area contributed by atoms with Gasteiger partial charge in [0.15, 0.2) is 23.0 Å². The zero-order chi connectivity index (χ0) is 24.2. The lowest BCUT2D eigenvalue weighted by molar-refractivity contribution is 0.0526. The number of aromatic hydroxyl groups is 1. The van der Waals surface area contributed by atoms with Gasteiger partial charge in [0.1, 0.15) is 13.2 Å². The van der Waals surface area contributed by atoms with Gasteiger partial charge in [-0.25, -0.2) is 9.59 Å². The number of rotatable bonds is 13. The van der Waals surface area contributed by atoms with Crippen molar-refractivity contribution in [3.05, 3.63) is 47.0 Å². The van der Waals surface area contributed by atoms with Crippen LogP contribution in [0, 0.1) is 0 Å². The fraction of sp³-hybridized carbons (Fsp3) is 0.417. The summed E-state index contributed by atoms with van der Waals surface area (Å²) in [7, 11) is 3.14. The number of esters is 2. The minimum Gasteiger partial charge on any atom is -0.504 e. The first-order valence-corrected chi connectivity index (χ1v) is 10.6. The van der Waals surface area contributed by atoms with E-state index in [2.05, 4.69) is 0 Å². The van der Waals surface area contributed by atoms with Crippen LogP contribution in [0.2, 0.25) is 0 Å². The van der Waals surface area contributed by atoms with Crippen LogP contribution < -0.4 is 14.2 Å². The van der Waals surface area contributed by atoms with Crippen LogP contribution >= 0.6 is 0 Å². The number of ether oxygens (including phenoxy) is 6. The molecular weight excluding hydrogens is 432 g/mol. The summed E-state index contributed by atoms with van der Waals surface area (Å²) >= 11 is 0. The average Bonchev–Trinajstić information content (AvgIpc) is 2.81. The third-order valence-corrected chi connectivity index (χ3v) is 4.55. The Balaban J connectivity index is 2.31. The van der Waals surface area contributed by atoms with Gasteiger partial charge in [0.05, 0.1) is 30.9 Å². The predicted molar refractivity (Wildman–Crippen MR) is 120 cm³/mol. The van der Waals surface area contributed by atoms with Crippen LogP contribution in [0.25, 0.3) is 0 Å². The molecule has 0 aliphatic rings. The van der Waals surface area contributed by atoms with Gasteiger partial charge in [0.2, 0.25) is 0 Å². The molecule has 0 aliphatic carbocycles. The van der Waals surface area contributed by atoms with E-state index in [1.807, 2.05) is 6.92 Å². The minimum absolute atomic E-state index is 0.0858. The number of phenolic OH excluding ortho intramolecular Hbond substituents is 1. The molecule has 0 amide bonds. The number of benzene rings is 2. The molecule has 2 aromatic rings. The van der Waals surface area contributed by atoms with Crippen molar-refractivity contribution in [2.24, 2.45) is 0 Å². The molecule has 1 N–H and O–H groups in total. The molecule has 9 heteroatoms. The Morgan fingerprint density at radius 1 is 0.848 bits per heavy atom. The smallest absolute Gasteiger partial charge is 0.344 e. The molecule has 0 bridgehead atoms. The highest BCUT2D eigenvalue weighted by Crippen LogP contribution is 2.36. The fourth-order valence-electron chi connectivity index (χ4n) is 2.98. The molecule has 0 aliphatic heterocycles. The summed E-state index contributed by atoms with van der Waals surface area (Å²) in [5, 5.41) is 10.2. The highest BCUT2D eigenvalue weighted by Gasteiger charge is 2.22. The van der Waals surface area contributed by atoms with Gasteiger partial charge in [-0.1, -0.05) is 6.92 Å². The predicted octanol–water partition coefficient (Wildman–Crippen LogP) is 3.40. The molecule has 180 valence electrons. The molecule has 2 aromatic carbocycles. The summed E-state index contributed by atoms with van der Waals surface area (Å²) in [6.45, 7) is 5.08. The van der Waals surface area contributed by atoms with E-state index in [0.29, 0.717) is 43.3 Å². The summed E-state index contributed by atoms with van der Waals surface area (Å²) in [5.41, 5.74) is 1.00. The van der Waals surface area contributed by atoms with Crippen LogP contribution in [0.5, 0.6) is 23.0 Å². The van der Waals surface area contributed by atoms with Crippen molar-refractivity contribution in [1.29, 1.82) is 0 Å². The van der Waals surface area contributed by atoms with Crippen molar-refractivity contribution in [3.63, 3.8) is 0 Å². The maximum Gasteiger partial charge on any atom is 0.344 e. The Labute approximate surface area is 193 Å². The van der Waals surface area contributed by atoms with Crippen molar-refractivity contribution < 1.29 is 43.1 Å². The maximum absolute atomic E-state index is 13.0. The second-order valence-electron chi connectivity index (χ2n) is 6.75. The lowest BCUT2D eigenvalue weighted by Gasteiger charge is -2.18. The second kappa shape index (κ2) is 13.3. The first kappa shape index (κ1) is 26.0. The van der Waals surface area contributed by atoms with Crippen LogP contribution in [-0.2, 0) is 20.6 Å². The zero-order valence-corrected chi connectivity index (χ0v) is 19.3. The number of carbonyl (C=O) groups is 2. The number of phenols is 1. The summed E-state index contributed by atoms with van der Waals surface area (Å²) in [4.78, 5) is 24.8. The Bertz CT molecular complexity index is 940. The maximum atomic E-state index is 13.0. The molecule has 2 rings (SSSR count). The molecule has 0 unspecified atom stereocenters. The SMILES string of the molecule is CCOC(=O)c1ccc(OC(=O)c2ccc(OCCOC)c(OCCOC)c2CC)c(O)c1. The van der Waals surface area contributed by atoms with E-state index in [-0.39, 0.29) is 35.8 Å². The van der Waals surface area contributed by atoms with Gasteiger partial charge in [0.25, 0.3) is 0 Å². The number of methoxy groups -OCH3 is 2. The number of hydrogen-bond donors (Lipinski definition) is 1. The minimum atomic E-state index is -0.689. The van der Waals surface area contributed by atoms with E-state index in [1.165, 1.54) is 18.2 Å². The van der Waals surface area contributed by atoms with Crippen molar-refractivity contribution in [2.75, 3.05) is 47.3 Å². The van der Waals surface area contributed by atoms with Gasteiger partial charge < -0.3 is 33.5 Å². The molecule has 33 heavy (non-hydrogen) atoms. The summed E-state index contributed by atoms with van der Waals surface area (Å²) in [5.74, 6) is -0.826. The molecule has 0 heterocycles. The second-order valence-corrected chi connectivity index (χ2v) is 6.75. The molecule has 0 saturated heterocycles. The number of carbonyl (C=O) groups excluding carboxylic acids is 2. The third-order valence-electron chi connectivity index (χ3n) is 4.55. The van der Waals surface area contributed by atoms with Crippen LogP contribution in [0.4, 0.5) is 0 Å². The molecule has 0 radical (unpaired) electrons. The van der Waals surface area contributed by atoms with Crippen LogP contribution in [0.3, 0.4) is 0 Å². The summed E-state index contributed by atoms with van der Waals surface area (Å²) in [6.07, 6.45) is 0.460. The van der Waals surface area contributed by atoms with E-state index in [9.17, 15) is 14.7 Å². The first-order valence-electron chi connectivity index (χ1n) is 10.6. The standard InChI is InChI=1S/C24H30O9/c1-5-17-18(8-10-21(31-13-11-28-3)22(17)32-14-12-29-4)24(27)33-20-9-7-16(15-19(20)25)23(26)30-6-2/h7-10,15,25H,5-6,11-14H2,1-4H3. The normalized spacial score (nSPS) is 10.5. The highest BCUT2D eigenvalue weighted by molar-refractivity contribution is 5.95. The fourth-order valence-corrected chi connectivity index (χ4v) is 2.98. The van der Waals surface area contributed by atoms with E-state index in [1.54, 1.807) is 33.3 Å². The molecule has 9 nitrogen and oxygen atoms in total. The molecule has 0 spiro atoms.